The maximum atomic E-state index is 13.4. The summed E-state index contributed by atoms with van der Waals surface area (Å²) in [5, 5.41) is 2.25. The van der Waals surface area contributed by atoms with Gasteiger partial charge in [-0.05, 0) is 43.2 Å². The van der Waals surface area contributed by atoms with E-state index in [9.17, 15) is 12.8 Å². The molecule has 1 saturated heterocycles. The minimum absolute atomic E-state index is 0.0528. The van der Waals surface area contributed by atoms with Crippen molar-refractivity contribution in [3.05, 3.63) is 52.6 Å². The number of rotatable bonds is 6. The second-order valence-electron chi connectivity index (χ2n) is 7.39. The zero-order chi connectivity index (χ0) is 22.9. The van der Waals surface area contributed by atoms with Crippen LogP contribution in [0.3, 0.4) is 0 Å². The van der Waals surface area contributed by atoms with Crippen LogP contribution in [0, 0.1) is 5.82 Å². The monoisotopic (exact) mass is 496 g/mol. The highest BCUT2D eigenvalue weighted by molar-refractivity contribution is 7.92. The summed E-state index contributed by atoms with van der Waals surface area (Å²) in [7, 11) is -0.586. The molecule has 0 saturated carbocycles. The van der Waals surface area contributed by atoms with Crippen LogP contribution in [0.5, 0.6) is 11.5 Å². The summed E-state index contributed by atoms with van der Waals surface area (Å²) in [6.45, 7) is 1.14. The molecule has 0 atom stereocenters. The van der Waals surface area contributed by atoms with Gasteiger partial charge in [0.15, 0.2) is 15.0 Å². The quantitative estimate of drug-likeness (QED) is 0.475. The first-order valence-electron chi connectivity index (χ1n) is 9.95. The summed E-state index contributed by atoms with van der Waals surface area (Å²) in [4.78, 5) is 6.91. The number of hydrogen-bond donors (Lipinski definition) is 0. The lowest BCUT2D eigenvalue weighted by atomic mass is 10.1. The first kappa shape index (κ1) is 22.8. The molecule has 32 heavy (non-hydrogen) atoms. The second kappa shape index (κ2) is 9.25. The summed E-state index contributed by atoms with van der Waals surface area (Å²) in [5.41, 5.74) is 1.45. The van der Waals surface area contributed by atoms with Crippen LogP contribution < -0.4 is 14.4 Å². The van der Waals surface area contributed by atoms with Crippen molar-refractivity contribution in [2.24, 2.45) is 0 Å². The average molecular weight is 497 g/mol. The Hall–Kier alpha value is -2.36. The molecule has 0 bridgehead atoms. The topological polar surface area (TPSA) is 68.7 Å². The van der Waals surface area contributed by atoms with E-state index in [0.717, 1.165) is 10.7 Å². The predicted octanol–water partition coefficient (Wildman–Crippen LogP) is 5.06. The van der Waals surface area contributed by atoms with Crippen molar-refractivity contribution < 1.29 is 22.3 Å². The molecular formula is C22H22ClFN2O4S2. The van der Waals surface area contributed by atoms with Crippen LogP contribution in [0.15, 0.2) is 46.7 Å². The van der Waals surface area contributed by atoms with Crippen LogP contribution in [0.1, 0.15) is 12.8 Å². The third-order valence-electron chi connectivity index (χ3n) is 5.54. The number of nitrogens with zero attached hydrogens (tertiary/aromatic N) is 2. The van der Waals surface area contributed by atoms with E-state index >= 15 is 0 Å². The Balaban J connectivity index is 1.48. The van der Waals surface area contributed by atoms with Crippen LogP contribution in [0.25, 0.3) is 11.3 Å². The van der Waals surface area contributed by atoms with Gasteiger partial charge < -0.3 is 14.4 Å². The van der Waals surface area contributed by atoms with E-state index in [4.69, 9.17) is 21.1 Å². The van der Waals surface area contributed by atoms with Crippen molar-refractivity contribution >= 4 is 37.9 Å². The standard InChI is InChI=1S/C22H22ClFN2O4S2/c1-29-15-4-6-21(20(12-15)30-2)32(27,28)16-7-9-26(10-8-16)22-25-19(13-31-22)14-3-5-18(24)17(23)11-14/h3-6,11-13,16H,7-10H2,1-2H3. The Bertz CT molecular complexity index is 1220. The molecule has 0 aliphatic carbocycles. The summed E-state index contributed by atoms with van der Waals surface area (Å²) in [6.07, 6.45) is 0.962. The van der Waals surface area contributed by atoms with Gasteiger partial charge in [-0.3, -0.25) is 0 Å². The predicted molar refractivity (Wildman–Crippen MR) is 124 cm³/mol. The zero-order valence-corrected chi connectivity index (χ0v) is 19.9. The van der Waals surface area contributed by atoms with Crippen molar-refractivity contribution in [3.63, 3.8) is 0 Å². The number of sulfone groups is 1. The Labute approximate surface area is 195 Å². The van der Waals surface area contributed by atoms with E-state index in [-0.39, 0.29) is 15.7 Å². The van der Waals surface area contributed by atoms with Crippen molar-refractivity contribution in [2.45, 2.75) is 23.0 Å². The molecular weight excluding hydrogens is 475 g/mol. The van der Waals surface area contributed by atoms with Gasteiger partial charge in [0.2, 0.25) is 0 Å². The number of hydrogen-bond acceptors (Lipinski definition) is 7. The molecule has 6 nitrogen and oxygen atoms in total. The third-order valence-corrected chi connectivity index (χ3v) is 9.03. The maximum absolute atomic E-state index is 13.4. The Morgan fingerprint density at radius 2 is 1.88 bits per heavy atom. The smallest absolute Gasteiger partial charge is 0.185 e. The van der Waals surface area contributed by atoms with Crippen LogP contribution in [-0.2, 0) is 9.84 Å². The van der Waals surface area contributed by atoms with E-state index < -0.39 is 20.9 Å². The van der Waals surface area contributed by atoms with Crippen molar-refractivity contribution in [1.82, 2.24) is 4.98 Å². The zero-order valence-electron chi connectivity index (χ0n) is 17.5. The minimum Gasteiger partial charge on any atom is -0.497 e. The highest BCUT2D eigenvalue weighted by Crippen LogP contribution is 2.36. The number of thiazole rings is 1. The van der Waals surface area contributed by atoms with Gasteiger partial charge in [0.25, 0.3) is 0 Å². The fourth-order valence-corrected chi connectivity index (χ4v) is 6.68. The molecule has 1 aliphatic heterocycles. The van der Waals surface area contributed by atoms with Crippen LogP contribution in [0.4, 0.5) is 9.52 Å². The van der Waals surface area contributed by atoms with Crippen LogP contribution in [0.2, 0.25) is 5.02 Å². The lowest BCUT2D eigenvalue weighted by molar-refractivity contribution is 0.385. The molecule has 0 spiro atoms. The Morgan fingerprint density at radius 3 is 2.53 bits per heavy atom. The molecule has 4 rings (SSSR count). The molecule has 1 aromatic heterocycles. The molecule has 10 heteroatoms. The normalized spacial score (nSPS) is 15.1. The summed E-state index contributed by atoms with van der Waals surface area (Å²) >= 11 is 7.36. The molecule has 2 heterocycles. The molecule has 2 aromatic carbocycles. The molecule has 0 unspecified atom stereocenters. The van der Waals surface area contributed by atoms with Gasteiger partial charge in [-0.1, -0.05) is 11.6 Å². The SMILES string of the molecule is COc1ccc(S(=O)(=O)C2CCN(c3nc(-c4ccc(F)c(Cl)c4)cs3)CC2)c(OC)c1. The van der Waals surface area contributed by atoms with Gasteiger partial charge in [0.1, 0.15) is 22.2 Å². The number of ether oxygens (including phenoxy) is 2. The first-order chi connectivity index (χ1) is 15.3. The van der Waals surface area contributed by atoms with Gasteiger partial charge in [0.05, 0.1) is 30.2 Å². The number of halogens is 2. The lowest BCUT2D eigenvalue weighted by Gasteiger charge is -2.31. The van der Waals surface area contributed by atoms with E-state index in [0.29, 0.717) is 37.4 Å². The molecule has 3 aromatic rings. The van der Waals surface area contributed by atoms with Gasteiger partial charge in [-0.2, -0.15) is 0 Å². The fraction of sp³-hybridized carbons (Fsp3) is 0.318. The van der Waals surface area contributed by atoms with Crippen LogP contribution >= 0.6 is 22.9 Å². The van der Waals surface area contributed by atoms with Crippen molar-refractivity contribution in [3.8, 4) is 22.8 Å². The average Bonchev–Trinajstić information content (AvgIpc) is 3.30. The van der Waals surface area contributed by atoms with E-state index in [1.165, 1.54) is 31.6 Å². The highest BCUT2D eigenvalue weighted by Gasteiger charge is 2.34. The number of aromatic nitrogens is 1. The van der Waals surface area contributed by atoms with Gasteiger partial charge >= 0.3 is 0 Å². The van der Waals surface area contributed by atoms with Gasteiger partial charge in [-0.15, -0.1) is 11.3 Å². The van der Waals surface area contributed by atoms with E-state index in [2.05, 4.69) is 9.88 Å². The second-order valence-corrected chi connectivity index (χ2v) is 10.8. The van der Waals surface area contributed by atoms with E-state index in [1.807, 2.05) is 5.38 Å². The molecule has 0 amide bonds. The molecule has 1 fully saturated rings. The van der Waals surface area contributed by atoms with E-state index in [1.54, 1.807) is 30.3 Å². The largest absolute Gasteiger partial charge is 0.497 e. The van der Waals surface area contributed by atoms with Crippen molar-refractivity contribution in [2.75, 3.05) is 32.2 Å². The molecule has 170 valence electrons. The minimum atomic E-state index is -3.56. The Kier molecular flexibility index (Phi) is 6.60. The molecule has 0 radical (unpaired) electrons. The highest BCUT2D eigenvalue weighted by atomic mass is 35.5. The lowest BCUT2D eigenvalue weighted by Crippen LogP contribution is -2.39. The summed E-state index contributed by atoms with van der Waals surface area (Å²) in [6, 6.07) is 9.27. The first-order valence-corrected chi connectivity index (χ1v) is 12.8. The van der Waals surface area contributed by atoms with Crippen molar-refractivity contribution in [1.29, 1.82) is 0 Å². The number of anilines is 1. The number of benzene rings is 2. The summed E-state index contributed by atoms with van der Waals surface area (Å²) in [5.74, 6) is 0.356. The summed E-state index contributed by atoms with van der Waals surface area (Å²) < 4.78 is 50.4. The van der Waals surface area contributed by atoms with Gasteiger partial charge in [-0.25, -0.2) is 17.8 Å². The Morgan fingerprint density at radius 1 is 1.12 bits per heavy atom. The molecule has 0 N–H and O–H groups in total. The third kappa shape index (κ3) is 4.42. The number of piperidine rings is 1. The fourth-order valence-electron chi connectivity index (χ4n) is 3.74. The number of methoxy groups -OCH3 is 2. The van der Waals surface area contributed by atoms with Crippen LogP contribution in [-0.4, -0.2) is 46.0 Å². The van der Waals surface area contributed by atoms with Gasteiger partial charge in [0, 0.05) is 30.1 Å². The molecule has 1 aliphatic rings. The maximum Gasteiger partial charge on any atom is 0.185 e.